The molecule has 1 atom stereocenters. The fourth-order valence-corrected chi connectivity index (χ4v) is 3.43. The summed E-state index contributed by atoms with van der Waals surface area (Å²) in [7, 11) is 0. The van der Waals surface area contributed by atoms with Gasteiger partial charge >= 0.3 is 0 Å². The van der Waals surface area contributed by atoms with Crippen molar-refractivity contribution in [1.82, 2.24) is 10.2 Å². The number of nitrogens with zero attached hydrogens (tertiary/aromatic N) is 1. The first-order valence-electron chi connectivity index (χ1n) is 7.49. The van der Waals surface area contributed by atoms with E-state index in [4.69, 9.17) is 4.74 Å². The van der Waals surface area contributed by atoms with E-state index in [0.29, 0.717) is 6.04 Å². The predicted molar refractivity (Wildman–Crippen MR) is 77.6 cm³/mol. The lowest BCUT2D eigenvalue weighted by Crippen LogP contribution is -2.60. The molecule has 3 heteroatoms. The zero-order valence-electron chi connectivity index (χ0n) is 12.0. The number of nitrogens with one attached hydrogen (secondary N) is 1. The van der Waals surface area contributed by atoms with Crippen molar-refractivity contribution in [2.24, 2.45) is 0 Å². The molecule has 0 aromatic heterocycles. The van der Waals surface area contributed by atoms with Gasteiger partial charge in [-0.25, -0.2) is 0 Å². The van der Waals surface area contributed by atoms with E-state index in [2.05, 4.69) is 48.3 Å². The molecular formula is C16H24N2O. The molecule has 1 aromatic carbocycles. The number of piperazine rings is 1. The quantitative estimate of drug-likeness (QED) is 0.904. The molecule has 2 aliphatic heterocycles. The Bertz CT molecular complexity index is 442. The van der Waals surface area contributed by atoms with Crippen LogP contribution in [0.2, 0.25) is 0 Å². The van der Waals surface area contributed by atoms with Crippen molar-refractivity contribution in [2.45, 2.75) is 38.3 Å². The molecule has 1 aromatic rings. The first kappa shape index (κ1) is 12.9. The number of para-hydroxylation sites is 1. The van der Waals surface area contributed by atoms with Crippen LogP contribution >= 0.6 is 0 Å². The highest BCUT2D eigenvalue weighted by Crippen LogP contribution is 2.37. The molecule has 0 saturated carbocycles. The Kier molecular flexibility index (Phi) is 3.50. The highest BCUT2D eigenvalue weighted by atomic mass is 16.5. The number of rotatable bonds is 3. The van der Waals surface area contributed by atoms with Gasteiger partial charge in [-0.2, -0.15) is 0 Å². The molecule has 1 unspecified atom stereocenters. The van der Waals surface area contributed by atoms with E-state index >= 15 is 0 Å². The average molecular weight is 260 g/mol. The van der Waals surface area contributed by atoms with Crippen molar-refractivity contribution in [3.8, 4) is 5.75 Å². The number of fused-ring (bicyclic) bond motifs is 1. The summed E-state index contributed by atoms with van der Waals surface area (Å²) in [5.41, 5.74) is 1.65. The Hall–Kier alpha value is -1.06. The second-order valence-corrected chi connectivity index (χ2v) is 5.75. The van der Waals surface area contributed by atoms with Gasteiger partial charge < -0.3 is 10.1 Å². The maximum Gasteiger partial charge on any atom is 0.124 e. The van der Waals surface area contributed by atoms with E-state index in [1.807, 2.05) is 0 Å². The second kappa shape index (κ2) is 5.14. The monoisotopic (exact) mass is 260 g/mol. The minimum Gasteiger partial charge on any atom is -0.491 e. The van der Waals surface area contributed by atoms with Crippen molar-refractivity contribution in [1.29, 1.82) is 0 Å². The summed E-state index contributed by atoms with van der Waals surface area (Å²) in [6, 6.07) is 8.92. The van der Waals surface area contributed by atoms with Crippen LogP contribution in [-0.2, 0) is 0 Å². The second-order valence-electron chi connectivity index (χ2n) is 5.75. The van der Waals surface area contributed by atoms with Gasteiger partial charge in [0.1, 0.15) is 12.4 Å². The van der Waals surface area contributed by atoms with Gasteiger partial charge in [-0.05, 0) is 18.9 Å². The van der Waals surface area contributed by atoms with Gasteiger partial charge in [0.15, 0.2) is 0 Å². The minimum absolute atomic E-state index is 0.287. The van der Waals surface area contributed by atoms with Crippen molar-refractivity contribution >= 4 is 0 Å². The first-order chi connectivity index (χ1) is 9.28. The molecule has 2 heterocycles. The first-order valence-corrected chi connectivity index (χ1v) is 7.49. The molecule has 0 radical (unpaired) electrons. The van der Waals surface area contributed by atoms with Crippen LogP contribution < -0.4 is 10.1 Å². The van der Waals surface area contributed by atoms with Crippen molar-refractivity contribution in [2.75, 3.05) is 26.2 Å². The Balaban J connectivity index is 1.80. The Labute approximate surface area is 115 Å². The van der Waals surface area contributed by atoms with Gasteiger partial charge in [0.2, 0.25) is 0 Å². The van der Waals surface area contributed by atoms with E-state index in [9.17, 15) is 0 Å². The van der Waals surface area contributed by atoms with Crippen LogP contribution in [0.5, 0.6) is 5.75 Å². The molecule has 1 N–H and O–H groups in total. The molecule has 1 saturated heterocycles. The third-order valence-electron chi connectivity index (χ3n) is 4.87. The van der Waals surface area contributed by atoms with E-state index in [0.717, 1.165) is 32.0 Å². The Morgan fingerprint density at radius 1 is 1.32 bits per heavy atom. The molecule has 0 bridgehead atoms. The van der Waals surface area contributed by atoms with Crippen LogP contribution in [-0.4, -0.2) is 36.7 Å². The summed E-state index contributed by atoms with van der Waals surface area (Å²) in [5, 5.41) is 3.73. The summed E-state index contributed by atoms with van der Waals surface area (Å²) in [6.45, 7) is 8.72. The molecular weight excluding hydrogens is 236 g/mol. The Morgan fingerprint density at radius 2 is 2.11 bits per heavy atom. The van der Waals surface area contributed by atoms with Crippen LogP contribution in [0, 0.1) is 0 Å². The van der Waals surface area contributed by atoms with Crippen LogP contribution in [0.4, 0.5) is 0 Å². The van der Waals surface area contributed by atoms with Gasteiger partial charge in [-0.3, -0.25) is 4.90 Å². The smallest absolute Gasteiger partial charge is 0.124 e. The van der Waals surface area contributed by atoms with Crippen molar-refractivity contribution < 1.29 is 4.74 Å². The molecule has 0 spiro atoms. The molecule has 3 nitrogen and oxygen atoms in total. The van der Waals surface area contributed by atoms with E-state index in [-0.39, 0.29) is 5.54 Å². The standard InChI is InChI=1S/C16H24N2O/c1-3-16(4-2)12-18(10-9-17-16)14-11-19-15-8-6-5-7-13(14)15/h5-8,14,17H,3-4,9-12H2,1-2H3. The van der Waals surface area contributed by atoms with E-state index < -0.39 is 0 Å². The predicted octanol–water partition coefficient (Wildman–Crippen LogP) is 2.58. The third-order valence-corrected chi connectivity index (χ3v) is 4.87. The lowest BCUT2D eigenvalue weighted by atomic mass is 9.89. The molecule has 0 aliphatic carbocycles. The van der Waals surface area contributed by atoms with E-state index in [1.54, 1.807) is 0 Å². The Morgan fingerprint density at radius 3 is 2.89 bits per heavy atom. The van der Waals surface area contributed by atoms with Gasteiger partial charge in [0.25, 0.3) is 0 Å². The topological polar surface area (TPSA) is 24.5 Å². The normalized spacial score (nSPS) is 25.9. The van der Waals surface area contributed by atoms with Gasteiger partial charge in [-0.1, -0.05) is 32.0 Å². The largest absolute Gasteiger partial charge is 0.491 e. The SMILES string of the molecule is CCC1(CC)CN(C2COc3ccccc32)CCN1. The van der Waals surface area contributed by atoms with Gasteiger partial charge in [0.05, 0.1) is 6.04 Å². The fraction of sp³-hybridized carbons (Fsp3) is 0.625. The zero-order chi connectivity index (χ0) is 13.3. The highest BCUT2D eigenvalue weighted by molar-refractivity contribution is 5.39. The maximum atomic E-state index is 5.84. The maximum absolute atomic E-state index is 5.84. The van der Waals surface area contributed by atoms with Gasteiger partial charge in [0, 0.05) is 30.7 Å². The number of benzene rings is 1. The molecule has 19 heavy (non-hydrogen) atoms. The summed E-state index contributed by atoms with van der Waals surface area (Å²) in [6.07, 6.45) is 2.38. The zero-order valence-corrected chi connectivity index (χ0v) is 12.0. The lowest BCUT2D eigenvalue weighted by Gasteiger charge is -2.45. The molecule has 0 amide bonds. The molecule has 104 valence electrons. The highest BCUT2D eigenvalue weighted by Gasteiger charge is 2.37. The fourth-order valence-electron chi connectivity index (χ4n) is 3.43. The van der Waals surface area contributed by atoms with E-state index in [1.165, 1.54) is 18.4 Å². The van der Waals surface area contributed by atoms with Crippen LogP contribution in [0.3, 0.4) is 0 Å². The minimum atomic E-state index is 0.287. The average Bonchev–Trinajstić information content (AvgIpc) is 2.91. The van der Waals surface area contributed by atoms with Crippen LogP contribution in [0.25, 0.3) is 0 Å². The number of hydrogen-bond donors (Lipinski definition) is 1. The molecule has 1 fully saturated rings. The van der Waals surface area contributed by atoms with Crippen molar-refractivity contribution in [3.63, 3.8) is 0 Å². The van der Waals surface area contributed by atoms with Crippen molar-refractivity contribution in [3.05, 3.63) is 29.8 Å². The molecule has 3 rings (SSSR count). The summed E-state index contributed by atoms with van der Waals surface area (Å²) in [4.78, 5) is 2.61. The van der Waals surface area contributed by atoms with Crippen LogP contribution in [0.15, 0.2) is 24.3 Å². The third kappa shape index (κ3) is 2.26. The summed E-state index contributed by atoms with van der Waals surface area (Å²) >= 11 is 0. The van der Waals surface area contributed by atoms with Gasteiger partial charge in [-0.15, -0.1) is 0 Å². The summed E-state index contributed by atoms with van der Waals surface area (Å²) < 4.78 is 5.84. The number of ether oxygens (including phenoxy) is 1. The van der Waals surface area contributed by atoms with Crippen LogP contribution in [0.1, 0.15) is 38.3 Å². The molecule has 2 aliphatic rings. The number of hydrogen-bond acceptors (Lipinski definition) is 3. The summed E-state index contributed by atoms with van der Waals surface area (Å²) in [5.74, 6) is 1.07. The lowest BCUT2D eigenvalue weighted by molar-refractivity contribution is 0.0748.